The van der Waals surface area contributed by atoms with Crippen LogP contribution >= 0.6 is 0 Å². The molecule has 100 valence electrons. The number of hydrogen-bond donors (Lipinski definition) is 1. The summed E-state index contributed by atoms with van der Waals surface area (Å²) in [4.78, 5) is 13.6. The molecule has 0 bridgehead atoms. The minimum atomic E-state index is -0.669. The van der Waals surface area contributed by atoms with Crippen LogP contribution in [0.2, 0.25) is 0 Å². The van der Waals surface area contributed by atoms with Crippen LogP contribution in [0.1, 0.15) is 44.9 Å². The van der Waals surface area contributed by atoms with E-state index in [0.29, 0.717) is 13.2 Å². The van der Waals surface area contributed by atoms with Crippen LogP contribution in [0.5, 0.6) is 0 Å². The van der Waals surface area contributed by atoms with E-state index >= 15 is 0 Å². The summed E-state index contributed by atoms with van der Waals surface area (Å²) in [7, 11) is 3.56. The first-order valence-electron chi connectivity index (χ1n) is 6.57. The van der Waals surface area contributed by atoms with E-state index in [2.05, 4.69) is 0 Å². The molecule has 0 aromatic rings. The van der Waals surface area contributed by atoms with E-state index in [-0.39, 0.29) is 0 Å². The van der Waals surface area contributed by atoms with Crippen LogP contribution in [0.25, 0.3) is 0 Å². The Morgan fingerprint density at radius 3 is 2.24 bits per heavy atom. The van der Waals surface area contributed by atoms with Gasteiger partial charge in [-0.3, -0.25) is 9.69 Å². The molecule has 0 amide bonds. The highest BCUT2D eigenvalue weighted by Gasteiger charge is 2.41. The van der Waals surface area contributed by atoms with Gasteiger partial charge in [-0.15, -0.1) is 0 Å². The SMILES string of the molecule is COCCN(C)C1(C(=O)O)CCCCCCC1. The summed E-state index contributed by atoms with van der Waals surface area (Å²) in [6, 6.07) is 0. The van der Waals surface area contributed by atoms with E-state index < -0.39 is 11.5 Å². The third-order valence-electron chi connectivity index (χ3n) is 3.94. The van der Waals surface area contributed by atoms with Crippen molar-refractivity contribution in [3.05, 3.63) is 0 Å². The normalized spacial score (nSPS) is 20.9. The highest BCUT2D eigenvalue weighted by Crippen LogP contribution is 2.31. The van der Waals surface area contributed by atoms with Gasteiger partial charge in [-0.1, -0.05) is 32.1 Å². The van der Waals surface area contributed by atoms with E-state index in [1.165, 1.54) is 6.42 Å². The molecular formula is C13H25NO3. The summed E-state index contributed by atoms with van der Waals surface area (Å²) in [6.45, 7) is 1.27. The first-order chi connectivity index (χ1) is 8.13. The van der Waals surface area contributed by atoms with Gasteiger partial charge in [0.2, 0.25) is 0 Å². The van der Waals surface area contributed by atoms with Gasteiger partial charge in [0.15, 0.2) is 0 Å². The molecule has 4 heteroatoms. The highest BCUT2D eigenvalue weighted by atomic mass is 16.5. The number of methoxy groups -OCH3 is 1. The third-order valence-corrected chi connectivity index (χ3v) is 3.94. The van der Waals surface area contributed by atoms with E-state index in [1.54, 1.807) is 7.11 Å². The molecule has 4 nitrogen and oxygen atoms in total. The lowest BCUT2D eigenvalue weighted by Crippen LogP contribution is -2.54. The molecule has 0 atom stereocenters. The van der Waals surface area contributed by atoms with E-state index in [4.69, 9.17) is 4.74 Å². The van der Waals surface area contributed by atoms with Crippen molar-refractivity contribution in [2.75, 3.05) is 27.3 Å². The Hall–Kier alpha value is -0.610. The Kier molecular flexibility index (Phi) is 5.92. The van der Waals surface area contributed by atoms with Gasteiger partial charge in [0.25, 0.3) is 0 Å². The lowest BCUT2D eigenvalue weighted by Gasteiger charge is -2.39. The number of carboxylic acids is 1. The van der Waals surface area contributed by atoms with Gasteiger partial charge in [-0.25, -0.2) is 0 Å². The van der Waals surface area contributed by atoms with Gasteiger partial charge < -0.3 is 9.84 Å². The van der Waals surface area contributed by atoms with Crippen LogP contribution < -0.4 is 0 Å². The molecule has 1 N–H and O–H groups in total. The van der Waals surface area contributed by atoms with Gasteiger partial charge in [-0.05, 0) is 19.9 Å². The molecule has 1 aliphatic rings. The maximum Gasteiger partial charge on any atom is 0.324 e. The van der Waals surface area contributed by atoms with Crippen molar-refractivity contribution in [2.45, 2.75) is 50.5 Å². The smallest absolute Gasteiger partial charge is 0.324 e. The predicted molar refractivity (Wildman–Crippen MR) is 67.2 cm³/mol. The van der Waals surface area contributed by atoms with E-state index in [0.717, 1.165) is 38.5 Å². The Morgan fingerprint density at radius 2 is 1.76 bits per heavy atom. The number of carbonyl (C=O) groups is 1. The van der Waals surface area contributed by atoms with Crippen molar-refractivity contribution >= 4 is 5.97 Å². The van der Waals surface area contributed by atoms with Gasteiger partial charge in [0, 0.05) is 13.7 Å². The maximum absolute atomic E-state index is 11.7. The topological polar surface area (TPSA) is 49.8 Å². The highest BCUT2D eigenvalue weighted by molar-refractivity contribution is 5.78. The molecule has 0 spiro atoms. The Labute approximate surface area is 104 Å². The molecule has 0 aliphatic heterocycles. The number of hydrogen-bond acceptors (Lipinski definition) is 3. The summed E-state index contributed by atoms with van der Waals surface area (Å²) in [6.07, 6.45) is 7.14. The second-order valence-electron chi connectivity index (χ2n) is 5.02. The summed E-state index contributed by atoms with van der Waals surface area (Å²) in [5.41, 5.74) is -0.668. The minimum Gasteiger partial charge on any atom is -0.480 e. The van der Waals surface area contributed by atoms with Crippen molar-refractivity contribution in [1.29, 1.82) is 0 Å². The van der Waals surface area contributed by atoms with Gasteiger partial charge >= 0.3 is 5.97 Å². The number of likely N-dealkylation sites (N-methyl/N-ethyl adjacent to an activating group) is 1. The van der Waals surface area contributed by atoms with E-state index in [9.17, 15) is 9.90 Å². The summed E-state index contributed by atoms with van der Waals surface area (Å²) < 4.78 is 5.05. The lowest BCUT2D eigenvalue weighted by molar-refractivity contribution is -0.152. The fraction of sp³-hybridized carbons (Fsp3) is 0.923. The van der Waals surface area contributed by atoms with Crippen LogP contribution in [0.4, 0.5) is 0 Å². The quantitative estimate of drug-likeness (QED) is 0.803. The van der Waals surface area contributed by atoms with Crippen molar-refractivity contribution in [1.82, 2.24) is 4.90 Å². The summed E-state index contributed by atoms with van der Waals surface area (Å²) >= 11 is 0. The molecule has 0 radical (unpaired) electrons. The van der Waals surface area contributed by atoms with Crippen molar-refractivity contribution in [2.24, 2.45) is 0 Å². The molecular weight excluding hydrogens is 218 g/mol. The fourth-order valence-electron chi connectivity index (χ4n) is 2.69. The zero-order valence-corrected chi connectivity index (χ0v) is 11.1. The monoisotopic (exact) mass is 243 g/mol. The molecule has 0 unspecified atom stereocenters. The third kappa shape index (κ3) is 3.68. The second kappa shape index (κ2) is 6.97. The van der Waals surface area contributed by atoms with Crippen LogP contribution in [-0.2, 0) is 9.53 Å². The van der Waals surface area contributed by atoms with Crippen LogP contribution in [0, 0.1) is 0 Å². The fourth-order valence-corrected chi connectivity index (χ4v) is 2.69. The van der Waals surface area contributed by atoms with Gasteiger partial charge in [0.1, 0.15) is 5.54 Å². The lowest BCUT2D eigenvalue weighted by atomic mass is 9.82. The average Bonchev–Trinajstić information content (AvgIpc) is 2.25. The molecule has 0 saturated heterocycles. The number of rotatable bonds is 5. The van der Waals surface area contributed by atoms with E-state index in [1.807, 2.05) is 11.9 Å². The first kappa shape index (κ1) is 14.5. The number of aliphatic carboxylic acids is 1. The molecule has 0 aromatic heterocycles. The molecule has 1 rings (SSSR count). The van der Waals surface area contributed by atoms with Crippen molar-refractivity contribution in [3.63, 3.8) is 0 Å². The van der Waals surface area contributed by atoms with Crippen molar-refractivity contribution in [3.8, 4) is 0 Å². The van der Waals surface area contributed by atoms with Crippen LogP contribution in [0.15, 0.2) is 0 Å². The minimum absolute atomic E-state index is 0.589. The zero-order chi connectivity index (χ0) is 12.7. The van der Waals surface area contributed by atoms with Crippen LogP contribution in [-0.4, -0.2) is 48.8 Å². The summed E-state index contributed by atoms with van der Waals surface area (Å²) in [5, 5.41) is 9.59. The Bertz CT molecular complexity index is 235. The molecule has 1 fully saturated rings. The Balaban J connectivity index is 2.73. The number of ether oxygens (including phenoxy) is 1. The average molecular weight is 243 g/mol. The molecule has 0 aromatic carbocycles. The Morgan fingerprint density at radius 1 is 1.24 bits per heavy atom. The number of nitrogens with zero attached hydrogens (tertiary/aromatic N) is 1. The van der Waals surface area contributed by atoms with Crippen molar-refractivity contribution < 1.29 is 14.6 Å². The molecule has 1 aliphatic carbocycles. The number of carboxylic acid groups (broad SMARTS) is 1. The van der Waals surface area contributed by atoms with Crippen LogP contribution in [0.3, 0.4) is 0 Å². The molecule has 1 saturated carbocycles. The maximum atomic E-state index is 11.7. The standard InChI is InChI=1S/C13H25NO3/c1-14(10-11-17-2)13(12(15)16)8-6-4-3-5-7-9-13/h3-11H2,1-2H3,(H,15,16). The first-order valence-corrected chi connectivity index (χ1v) is 6.57. The zero-order valence-electron chi connectivity index (χ0n) is 11.1. The van der Waals surface area contributed by atoms with Gasteiger partial charge in [-0.2, -0.15) is 0 Å². The largest absolute Gasteiger partial charge is 0.480 e. The van der Waals surface area contributed by atoms with Gasteiger partial charge in [0.05, 0.1) is 6.61 Å². The second-order valence-corrected chi connectivity index (χ2v) is 5.02. The molecule has 0 heterocycles. The summed E-state index contributed by atoms with van der Waals surface area (Å²) in [5.74, 6) is -0.669. The predicted octanol–water partition coefficient (Wildman–Crippen LogP) is 2.13. The molecule has 17 heavy (non-hydrogen) atoms.